The maximum atomic E-state index is 12.3. The summed E-state index contributed by atoms with van der Waals surface area (Å²) >= 11 is 5.99. The molecule has 0 spiro atoms. The van der Waals surface area contributed by atoms with E-state index in [-0.39, 0.29) is 23.8 Å². The zero-order chi connectivity index (χ0) is 15.4. The zero-order valence-electron chi connectivity index (χ0n) is 11.9. The third-order valence-electron chi connectivity index (χ3n) is 3.52. The van der Waals surface area contributed by atoms with Crippen molar-refractivity contribution in [1.82, 2.24) is 21.5 Å². The average molecular weight is 311 g/mol. The average Bonchev–Trinajstić information content (AvgIpc) is 2.95. The first-order chi connectivity index (χ1) is 10.0. The Morgan fingerprint density at radius 2 is 2.19 bits per heavy atom. The molecule has 1 aromatic rings. The number of carbonyl (C=O) groups excluding carboxylic acids is 2. The lowest BCUT2D eigenvalue weighted by Crippen LogP contribution is -2.47. The third-order valence-corrected chi connectivity index (χ3v) is 3.76. The molecule has 1 aliphatic rings. The Labute approximate surface area is 128 Å². The van der Waals surface area contributed by atoms with Crippen molar-refractivity contribution in [2.75, 3.05) is 13.6 Å². The minimum atomic E-state index is -0.567. The molecule has 1 aromatic carbocycles. The van der Waals surface area contributed by atoms with Crippen LogP contribution in [0.4, 0.5) is 0 Å². The molecule has 0 radical (unpaired) electrons. The number of halogens is 1. The number of rotatable bonds is 4. The smallest absolute Gasteiger partial charge is 0.242 e. The van der Waals surface area contributed by atoms with Crippen LogP contribution in [-0.4, -0.2) is 31.4 Å². The van der Waals surface area contributed by atoms with Gasteiger partial charge in [-0.1, -0.05) is 23.7 Å². The Balaban J connectivity index is 2.08. The van der Waals surface area contributed by atoms with Gasteiger partial charge >= 0.3 is 0 Å². The Morgan fingerprint density at radius 3 is 2.86 bits per heavy atom. The molecule has 114 valence electrons. The van der Waals surface area contributed by atoms with Crippen LogP contribution in [0.1, 0.15) is 18.5 Å². The lowest BCUT2D eigenvalue weighted by atomic mass is 9.94. The number of benzene rings is 1. The quantitative estimate of drug-likeness (QED) is 0.647. The molecule has 0 aromatic heterocycles. The number of likely N-dealkylation sites (N-methyl/N-ethyl adjacent to an activating group) is 1. The first-order valence-electron chi connectivity index (χ1n) is 6.78. The van der Waals surface area contributed by atoms with Crippen molar-refractivity contribution >= 4 is 23.4 Å². The lowest BCUT2D eigenvalue weighted by molar-refractivity contribution is -0.130. The van der Waals surface area contributed by atoms with Crippen LogP contribution >= 0.6 is 11.6 Å². The standard InChI is InChI=1S/C14H19ClN4O2/c1-8(13(20)16-2)18-14(21)11-7-17-19-12(11)9-4-3-5-10(15)6-9/h3-6,8,11-12,17,19H,7H2,1-2H3,(H,16,20)(H,18,21)/t8-,11?,12?/m1/s1. The monoisotopic (exact) mass is 310 g/mol. The van der Waals surface area contributed by atoms with Crippen LogP contribution in [0.25, 0.3) is 0 Å². The number of hydrazine groups is 1. The second kappa shape index (κ2) is 6.89. The summed E-state index contributed by atoms with van der Waals surface area (Å²) < 4.78 is 0. The second-order valence-electron chi connectivity index (χ2n) is 5.01. The van der Waals surface area contributed by atoms with Crippen molar-refractivity contribution in [2.45, 2.75) is 19.0 Å². The molecule has 2 amide bonds. The number of nitrogens with one attached hydrogen (secondary N) is 4. The molecule has 0 bridgehead atoms. The van der Waals surface area contributed by atoms with Crippen LogP contribution in [0.5, 0.6) is 0 Å². The van der Waals surface area contributed by atoms with Gasteiger partial charge in [-0.15, -0.1) is 0 Å². The molecule has 1 aliphatic heterocycles. The molecule has 3 atom stereocenters. The third kappa shape index (κ3) is 3.72. The Morgan fingerprint density at radius 1 is 1.43 bits per heavy atom. The first-order valence-corrected chi connectivity index (χ1v) is 7.16. The fourth-order valence-electron chi connectivity index (χ4n) is 2.36. The summed E-state index contributed by atoms with van der Waals surface area (Å²) in [5.41, 5.74) is 6.99. The van der Waals surface area contributed by atoms with Gasteiger partial charge in [0.2, 0.25) is 11.8 Å². The van der Waals surface area contributed by atoms with Crippen molar-refractivity contribution in [1.29, 1.82) is 0 Å². The van der Waals surface area contributed by atoms with E-state index < -0.39 is 6.04 Å². The number of amides is 2. The normalized spacial score (nSPS) is 22.6. The fraction of sp³-hybridized carbons (Fsp3) is 0.429. The number of hydrogen-bond acceptors (Lipinski definition) is 4. The van der Waals surface area contributed by atoms with Crippen LogP contribution in [0, 0.1) is 5.92 Å². The highest BCUT2D eigenvalue weighted by Gasteiger charge is 2.35. The van der Waals surface area contributed by atoms with Gasteiger partial charge in [-0.3, -0.25) is 15.0 Å². The van der Waals surface area contributed by atoms with Crippen LogP contribution in [-0.2, 0) is 9.59 Å². The van der Waals surface area contributed by atoms with E-state index in [4.69, 9.17) is 11.6 Å². The van der Waals surface area contributed by atoms with Gasteiger partial charge in [-0.05, 0) is 24.6 Å². The fourth-order valence-corrected chi connectivity index (χ4v) is 2.56. The molecule has 0 saturated carbocycles. The van der Waals surface area contributed by atoms with E-state index in [2.05, 4.69) is 21.5 Å². The molecule has 4 N–H and O–H groups in total. The summed E-state index contributed by atoms with van der Waals surface area (Å²) in [5, 5.41) is 5.86. The van der Waals surface area contributed by atoms with E-state index in [0.29, 0.717) is 11.6 Å². The lowest BCUT2D eigenvalue weighted by Gasteiger charge is -2.20. The predicted molar refractivity (Wildman–Crippen MR) is 80.5 cm³/mol. The van der Waals surface area contributed by atoms with E-state index in [1.807, 2.05) is 18.2 Å². The number of hydrogen-bond donors (Lipinski definition) is 4. The molecular weight excluding hydrogens is 292 g/mol. The summed E-state index contributed by atoms with van der Waals surface area (Å²) in [6.07, 6.45) is 0. The van der Waals surface area contributed by atoms with E-state index in [1.165, 1.54) is 0 Å². The van der Waals surface area contributed by atoms with Gasteiger partial charge in [-0.25, -0.2) is 5.43 Å². The van der Waals surface area contributed by atoms with Crippen molar-refractivity contribution in [3.63, 3.8) is 0 Å². The topological polar surface area (TPSA) is 82.3 Å². The SMILES string of the molecule is CNC(=O)[C@@H](C)NC(=O)C1CNNC1c1cccc(Cl)c1. The molecule has 0 aliphatic carbocycles. The maximum absolute atomic E-state index is 12.3. The summed E-state index contributed by atoms with van der Waals surface area (Å²) in [6, 6.07) is 6.63. The highest BCUT2D eigenvalue weighted by atomic mass is 35.5. The van der Waals surface area contributed by atoms with Crippen molar-refractivity contribution in [3.8, 4) is 0 Å². The van der Waals surface area contributed by atoms with Gasteiger partial charge in [0.25, 0.3) is 0 Å². The minimum Gasteiger partial charge on any atom is -0.357 e. The summed E-state index contributed by atoms with van der Waals surface area (Å²) in [4.78, 5) is 23.8. The maximum Gasteiger partial charge on any atom is 0.242 e. The van der Waals surface area contributed by atoms with Gasteiger partial charge in [0, 0.05) is 18.6 Å². The van der Waals surface area contributed by atoms with Crippen LogP contribution in [0.2, 0.25) is 5.02 Å². The molecule has 1 saturated heterocycles. The van der Waals surface area contributed by atoms with Gasteiger partial charge in [0.1, 0.15) is 6.04 Å². The Bertz CT molecular complexity index is 537. The van der Waals surface area contributed by atoms with E-state index in [9.17, 15) is 9.59 Å². The summed E-state index contributed by atoms with van der Waals surface area (Å²) in [5.74, 6) is -0.703. The van der Waals surface area contributed by atoms with E-state index in [0.717, 1.165) is 5.56 Å². The first kappa shape index (κ1) is 15.8. The Hall–Kier alpha value is -1.63. The molecule has 1 heterocycles. The van der Waals surface area contributed by atoms with Crippen LogP contribution in [0.3, 0.4) is 0 Å². The van der Waals surface area contributed by atoms with Gasteiger partial charge in [0.15, 0.2) is 0 Å². The molecule has 21 heavy (non-hydrogen) atoms. The highest BCUT2D eigenvalue weighted by molar-refractivity contribution is 6.30. The molecule has 7 heteroatoms. The van der Waals surface area contributed by atoms with Crippen molar-refractivity contribution in [3.05, 3.63) is 34.9 Å². The summed E-state index contributed by atoms with van der Waals surface area (Å²) in [6.45, 7) is 2.14. The van der Waals surface area contributed by atoms with E-state index in [1.54, 1.807) is 20.0 Å². The van der Waals surface area contributed by atoms with Crippen LogP contribution in [0.15, 0.2) is 24.3 Å². The van der Waals surface area contributed by atoms with Gasteiger partial charge in [-0.2, -0.15) is 0 Å². The molecule has 6 nitrogen and oxygen atoms in total. The van der Waals surface area contributed by atoms with Gasteiger partial charge < -0.3 is 10.6 Å². The highest BCUT2D eigenvalue weighted by Crippen LogP contribution is 2.26. The Kier molecular flexibility index (Phi) is 5.17. The number of carbonyl (C=O) groups is 2. The van der Waals surface area contributed by atoms with Crippen molar-refractivity contribution < 1.29 is 9.59 Å². The molecule has 1 fully saturated rings. The van der Waals surface area contributed by atoms with E-state index >= 15 is 0 Å². The summed E-state index contributed by atoms with van der Waals surface area (Å²) in [7, 11) is 1.54. The molecular formula is C14H19ClN4O2. The van der Waals surface area contributed by atoms with Gasteiger partial charge in [0.05, 0.1) is 12.0 Å². The molecule has 2 unspecified atom stereocenters. The largest absolute Gasteiger partial charge is 0.357 e. The predicted octanol–water partition coefficient (Wildman–Crippen LogP) is 0.356. The second-order valence-corrected chi connectivity index (χ2v) is 5.45. The minimum absolute atomic E-state index is 0.173. The van der Waals surface area contributed by atoms with Crippen LogP contribution < -0.4 is 21.5 Å². The van der Waals surface area contributed by atoms with Crippen molar-refractivity contribution in [2.24, 2.45) is 5.92 Å². The molecule has 2 rings (SSSR count). The zero-order valence-corrected chi connectivity index (χ0v) is 12.7.